The largest absolute Gasteiger partial charge is 0.375 e. The fourth-order valence-electron chi connectivity index (χ4n) is 2.23. The molecule has 5 nitrogen and oxygen atoms in total. The summed E-state index contributed by atoms with van der Waals surface area (Å²) in [5, 5.41) is 2.76. The van der Waals surface area contributed by atoms with E-state index in [1.165, 1.54) is 11.3 Å². The minimum atomic E-state index is 0. The topological polar surface area (TPSA) is 68.5 Å². The zero-order valence-corrected chi connectivity index (χ0v) is 13.5. The average molecular weight is 320 g/mol. The minimum Gasteiger partial charge on any atom is -0.375 e. The summed E-state index contributed by atoms with van der Waals surface area (Å²) in [4.78, 5) is 18.8. The maximum Gasteiger partial charge on any atom is 0.273 e. The van der Waals surface area contributed by atoms with Crippen LogP contribution in [0.5, 0.6) is 0 Å². The molecule has 1 aliphatic heterocycles. The van der Waals surface area contributed by atoms with Crippen LogP contribution in [-0.2, 0) is 11.2 Å². The highest BCUT2D eigenvalue weighted by atomic mass is 35.5. The number of nitrogens with two attached hydrogens (primary N) is 1. The molecule has 2 rings (SSSR count). The number of morpholine rings is 1. The van der Waals surface area contributed by atoms with Crippen molar-refractivity contribution in [1.29, 1.82) is 0 Å². The van der Waals surface area contributed by atoms with E-state index in [1.54, 1.807) is 0 Å². The van der Waals surface area contributed by atoms with Crippen LogP contribution in [0, 0.1) is 0 Å². The van der Waals surface area contributed by atoms with Crippen LogP contribution in [0.15, 0.2) is 5.38 Å². The number of hydrogen-bond acceptors (Lipinski definition) is 5. The van der Waals surface area contributed by atoms with E-state index in [2.05, 4.69) is 11.9 Å². The number of carbonyl (C=O) groups excluding carboxylic acids is 1. The highest BCUT2D eigenvalue weighted by molar-refractivity contribution is 7.09. The molecule has 20 heavy (non-hydrogen) atoms. The molecule has 0 radical (unpaired) electrons. The van der Waals surface area contributed by atoms with Crippen LogP contribution >= 0.6 is 23.7 Å². The van der Waals surface area contributed by atoms with Gasteiger partial charge in [-0.25, -0.2) is 4.98 Å². The lowest BCUT2D eigenvalue weighted by atomic mass is 10.1. The monoisotopic (exact) mass is 319 g/mol. The van der Waals surface area contributed by atoms with Gasteiger partial charge in [-0.05, 0) is 19.9 Å². The van der Waals surface area contributed by atoms with E-state index in [0.29, 0.717) is 25.4 Å². The van der Waals surface area contributed by atoms with Crippen molar-refractivity contribution in [3.05, 3.63) is 16.1 Å². The van der Waals surface area contributed by atoms with Gasteiger partial charge in [0.2, 0.25) is 0 Å². The van der Waals surface area contributed by atoms with Crippen LogP contribution < -0.4 is 5.73 Å². The van der Waals surface area contributed by atoms with Gasteiger partial charge in [-0.1, -0.05) is 6.92 Å². The van der Waals surface area contributed by atoms with Gasteiger partial charge in [-0.2, -0.15) is 0 Å². The average Bonchev–Trinajstić information content (AvgIpc) is 2.87. The van der Waals surface area contributed by atoms with E-state index in [-0.39, 0.29) is 30.5 Å². The molecule has 2 N–H and O–H groups in total. The lowest BCUT2D eigenvalue weighted by Crippen LogP contribution is -2.51. The number of rotatable bonds is 4. The van der Waals surface area contributed by atoms with Gasteiger partial charge in [-0.3, -0.25) is 4.79 Å². The summed E-state index contributed by atoms with van der Waals surface area (Å²) in [5.41, 5.74) is 6.05. The van der Waals surface area contributed by atoms with Crippen LogP contribution in [0.3, 0.4) is 0 Å². The third-order valence-electron chi connectivity index (χ3n) is 3.33. The van der Waals surface area contributed by atoms with E-state index < -0.39 is 0 Å². The first-order valence-corrected chi connectivity index (χ1v) is 7.60. The third-order valence-corrected chi connectivity index (χ3v) is 4.24. The van der Waals surface area contributed by atoms with Crippen molar-refractivity contribution in [1.82, 2.24) is 9.88 Å². The zero-order chi connectivity index (χ0) is 13.8. The molecule has 1 fully saturated rings. The second kappa shape index (κ2) is 7.93. The molecule has 2 unspecified atom stereocenters. The Morgan fingerprint density at radius 1 is 1.65 bits per heavy atom. The molecule has 7 heteroatoms. The van der Waals surface area contributed by atoms with Crippen LogP contribution in [0.25, 0.3) is 0 Å². The zero-order valence-electron chi connectivity index (χ0n) is 11.9. The van der Waals surface area contributed by atoms with Crippen molar-refractivity contribution >= 4 is 29.7 Å². The Morgan fingerprint density at radius 2 is 2.40 bits per heavy atom. The summed E-state index contributed by atoms with van der Waals surface area (Å²) in [6, 6.07) is 0.156. The number of hydrogen-bond donors (Lipinski definition) is 1. The molecule has 2 atom stereocenters. The number of carbonyl (C=O) groups is 1. The Bertz CT molecular complexity index is 441. The van der Waals surface area contributed by atoms with E-state index in [1.807, 2.05) is 17.2 Å². The summed E-state index contributed by atoms with van der Waals surface area (Å²) >= 11 is 1.51. The number of ether oxygens (including phenoxy) is 1. The van der Waals surface area contributed by atoms with Crippen molar-refractivity contribution in [3.63, 3.8) is 0 Å². The first-order chi connectivity index (χ1) is 9.15. The first-order valence-electron chi connectivity index (χ1n) is 6.72. The van der Waals surface area contributed by atoms with Gasteiger partial charge in [0.25, 0.3) is 5.91 Å². The lowest BCUT2D eigenvalue weighted by molar-refractivity contribution is -0.0445. The highest BCUT2D eigenvalue weighted by Crippen LogP contribution is 2.19. The molecule has 0 aliphatic carbocycles. The highest BCUT2D eigenvalue weighted by Gasteiger charge is 2.31. The molecular weight excluding hydrogens is 298 g/mol. The summed E-state index contributed by atoms with van der Waals surface area (Å²) < 4.78 is 5.61. The fraction of sp³-hybridized carbons (Fsp3) is 0.692. The Balaban J connectivity index is 0.00000200. The maximum atomic E-state index is 12.5. The molecule has 0 saturated carbocycles. The second-order valence-electron chi connectivity index (χ2n) is 4.83. The molecule has 1 aromatic rings. The summed E-state index contributed by atoms with van der Waals surface area (Å²) in [5.74, 6) is 0.0153. The Kier molecular flexibility index (Phi) is 6.88. The van der Waals surface area contributed by atoms with Gasteiger partial charge in [0.05, 0.1) is 23.8 Å². The van der Waals surface area contributed by atoms with Crippen molar-refractivity contribution in [3.8, 4) is 0 Å². The standard InChI is InChI=1S/C13H21N3O2S.ClH/c1-3-10-7-18-9(2)6-16(10)13(17)11-8-19-12(15-11)4-5-14;/h8-10H,3-7,14H2,1-2H3;1H. The van der Waals surface area contributed by atoms with Gasteiger partial charge >= 0.3 is 0 Å². The number of thiazole rings is 1. The van der Waals surface area contributed by atoms with Crippen LogP contribution in [-0.4, -0.2) is 47.6 Å². The van der Waals surface area contributed by atoms with Crippen molar-refractivity contribution in [2.45, 2.75) is 38.8 Å². The minimum absolute atomic E-state index is 0. The Morgan fingerprint density at radius 3 is 3.05 bits per heavy atom. The summed E-state index contributed by atoms with van der Waals surface area (Å²) in [6.07, 6.45) is 1.72. The van der Waals surface area contributed by atoms with Gasteiger partial charge in [0, 0.05) is 18.3 Å². The van der Waals surface area contributed by atoms with Gasteiger partial charge in [-0.15, -0.1) is 23.7 Å². The predicted molar refractivity (Wildman–Crippen MR) is 82.6 cm³/mol. The van der Waals surface area contributed by atoms with Crippen LogP contribution in [0.2, 0.25) is 0 Å². The van der Waals surface area contributed by atoms with E-state index in [9.17, 15) is 4.79 Å². The number of nitrogens with zero attached hydrogens (tertiary/aromatic N) is 2. The van der Waals surface area contributed by atoms with E-state index in [4.69, 9.17) is 10.5 Å². The van der Waals surface area contributed by atoms with Gasteiger partial charge < -0.3 is 15.4 Å². The van der Waals surface area contributed by atoms with Crippen molar-refractivity contribution in [2.75, 3.05) is 19.7 Å². The fourth-order valence-corrected chi connectivity index (χ4v) is 3.01. The SMILES string of the molecule is CCC1COC(C)CN1C(=O)c1csc(CCN)n1.Cl. The summed E-state index contributed by atoms with van der Waals surface area (Å²) in [6.45, 7) is 5.88. The smallest absolute Gasteiger partial charge is 0.273 e. The molecule has 1 saturated heterocycles. The molecule has 114 valence electrons. The molecule has 2 heterocycles. The predicted octanol–water partition coefficient (Wildman–Crippen LogP) is 1.71. The molecule has 0 bridgehead atoms. The molecule has 1 amide bonds. The van der Waals surface area contributed by atoms with E-state index >= 15 is 0 Å². The molecular formula is C13H22ClN3O2S. The number of amides is 1. The number of aromatic nitrogens is 1. The molecule has 0 spiro atoms. The maximum absolute atomic E-state index is 12.5. The lowest BCUT2D eigenvalue weighted by Gasteiger charge is -2.37. The number of halogens is 1. The quantitative estimate of drug-likeness (QED) is 0.917. The third kappa shape index (κ3) is 3.91. The van der Waals surface area contributed by atoms with Crippen molar-refractivity contribution in [2.24, 2.45) is 5.73 Å². The van der Waals surface area contributed by atoms with Gasteiger partial charge in [0.1, 0.15) is 5.69 Å². The molecule has 1 aromatic heterocycles. The molecule has 0 aromatic carbocycles. The van der Waals surface area contributed by atoms with E-state index in [0.717, 1.165) is 17.8 Å². The summed E-state index contributed by atoms with van der Waals surface area (Å²) in [7, 11) is 0. The molecule has 1 aliphatic rings. The normalized spacial score (nSPS) is 22.4. The second-order valence-corrected chi connectivity index (χ2v) is 5.77. The van der Waals surface area contributed by atoms with Crippen molar-refractivity contribution < 1.29 is 9.53 Å². The Hall–Kier alpha value is -0.690. The van der Waals surface area contributed by atoms with Gasteiger partial charge in [0.15, 0.2) is 0 Å². The Labute approximate surface area is 129 Å². The first kappa shape index (κ1) is 17.4. The van der Waals surface area contributed by atoms with Crippen LogP contribution in [0.1, 0.15) is 35.8 Å². The van der Waals surface area contributed by atoms with Crippen LogP contribution in [0.4, 0.5) is 0 Å².